The van der Waals surface area contributed by atoms with E-state index in [0.29, 0.717) is 18.6 Å². The highest BCUT2D eigenvalue weighted by Gasteiger charge is 2.20. The smallest absolute Gasteiger partial charge is 0.273 e. The van der Waals surface area contributed by atoms with Crippen molar-refractivity contribution in [1.29, 1.82) is 0 Å². The van der Waals surface area contributed by atoms with Crippen molar-refractivity contribution in [2.24, 2.45) is 0 Å². The molecule has 0 bridgehead atoms. The fraction of sp³-hybridized carbons (Fsp3) is 0.636. The van der Waals surface area contributed by atoms with Gasteiger partial charge in [-0.2, -0.15) is 0 Å². The van der Waals surface area contributed by atoms with Crippen LogP contribution in [0.3, 0.4) is 0 Å². The van der Waals surface area contributed by atoms with Crippen LogP contribution in [0, 0.1) is 0 Å². The van der Waals surface area contributed by atoms with Crippen LogP contribution < -0.4 is 5.32 Å². The number of hydrogen-bond donors (Lipinski definition) is 2. The molecule has 1 amide bonds. The molecular weight excluding hydrogens is 208 g/mol. The summed E-state index contributed by atoms with van der Waals surface area (Å²) in [7, 11) is 0. The first kappa shape index (κ1) is 12.7. The summed E-state index contributed by atoms with van der Waals surface area (Å²) >= 11 is 0. The molecule has 16 heavy (non-hydrogen) atoms. The summed E-state index contributed by atoms with van der Waals surface area (Å²) in [4.78, 5) is 11.6. The van der Waals surface area contributed by atoms with Crippen LogP contribution in [0.15, 0.2) is 10.6 Å². The molecule has 5 nitrogen and oxygen atoms in total. The average Bonchev–Trinajstić information content (AvgIpc) is 2.74. The van der Waals surface area contributed by atoms with Crippen LogP contribution in [0.5, 0.6) is 0 Å². The predicted octanol–water partition coefficient (Wildman–Crippen LogP) is 1.13. The minimum atomic E-state index is -0.882. The van der Waals surface area contributed by atoms with Gasteiger partial charge in [0.05, 0.1) is 5.60 Å². The zero-order valence-corrected chi connectivity index (χ0v) is 9.91. The van der Waals surface area contributed by atoms with E-state index in [2.05, 4.69) is 10.5 Å². The molecule has 1 aromatic rings. The Morgan fingerprint density at radius 1 is 1.62 bits per heavy atom. The maximum atomic E-state index is 11.6. The molecular formula is C11H18N2O3. The van der Waals surface area contributed by atoms with E-state index >= 15 is 0 Å². The summed E-state index contributed by atoms with van der Waals surface area (Å²) in [6.45, 7) is 5.66. The largest absolute Gasteiger partial charge is 0.388 e. The van der Waals surface area contributed by atoms with Gasteiger partial charge in [-0.05, 0) is 13.3 Å². The van der Waals surface area contributed by atoms with E-state index in [-0.39, 0.29) is 18.1 Å². The van der Waals surface area contributed by atoms with Crippen LogP contribution in [-0.2, 0) is 6.42 Å². The van der Waals surface area contributed by atoms with Gasteiger partial charge >= 0.3 is 0 Å². The minimum absolute atomic E-state index is 0.205. The van der Waals surface area contributed by atoms with Crippen molar-refractivity contribution < 1.29 is 14.4 Å². The number of nitrogens with zero attached hydrogens (tertiary/aromatic N) is 1. The monoisotopic (exact) mass is 226 g/mol. The Hall–Kier alpha value is -1.36. The van der Waals surface area contributed by atoms with Gasteiger partial charge in [0.25, 0.3) is 5.91 Å². The highest BCUT2D eigenvalue weighted by atomic mass is 16.5. The van der Waals surface area contributed by atoms with Crippen molar-refractivity contribution in [1.82, 2.24) is 10.5 Å². The van der Waals surface area contributed by atoms with Gasteiger partial charge in [-0.1, -0.05) is 19.0 Å². The molecule has 0 aromatic carbocycles. The second-order valence-electron chi connectivity index (χ2n) is 4.07. The molecule has 0 spiro atoms. The SMILES string of the molecule is CCc1cc(C(=O)NCC(C)(O)CC)no1. The first-order valence-electron chi connectivity index (χ1n) is 5.44. The number of aromatic nitrogens is 1. The zero-order chi connectivity index (χ0) is 12.2. The molecule has 2 N–H and O–H groups in total. The molecule has 1 aromatic heterocycles. The summed E-state index contributed by atoms with van der Waals surface area (Å²) in [5.41, 5.74) is -0.628. The van der Waals surface area contributed by atoms with Crippen molar-refractivity contribution in [2.75, 3.05) is 6.54 Å². The molecule has 0 saturated carbocycles. The van der Waals surface area contributed by atoms with E-state index in [1.54, 1.807) is 13.0 Å². The summed E-state index contributed by atoms with van der Waals surface area (Å²) in [5.74, 6) is 0.351. The molecule has 90 valence electrons. The summed E-state index contributed by atoms with van der Waals surface area (Å²) in [6, 6.07) is 1.61. The van der Waals surface area contributed by atoms with Crippen LogP contribution in [-0.4, -0.2) is 28.3 Å². The third-order valence-corrected chi connectivity index (χ3v) is 2.53. The lowest BCUT2D eigenvalue weighted by Gasteiger charge is -2.20. The van der Waals surface area contributed by atoms with Crippen LogP contribution in [0.25, 0.3) is 0 Å². The highest BCUT2D eigenvalue weighted by Crippen LogP contribution is 2.07. The van der Waals surface area contributed by atoms with E-state index in [9.17, 15) is 9.90 Å². The van der Waals surface area contributed by atoms with Gasteiger partial charge in [-0.3, -0.25) is 4.79 Å². The van der Waals surface area contributed by atoms with Crippen LogP contribution in [0.4, 0.5) is 0 Å². The van der Waals surface area contributed by atoms with Crippen molar-refractivity contribution in [2.45, 2.75) is 39.2 Å². The third kappa shape index (κ3) is 3.34. The lowest BCUT2D eigenvalue weighted by Crippen LogP contribution is -2.40. The number of carbonyl (C=O) groups excluding carboxylic acids is 1. The van der Waals surface area contributed by atoms with E-state index in [1.165, 1.54) is 0 Å². The summed E-state index contributed by atoms with van der Waals surface area (Å²) in [6.07, 6.45) is 1.28. The lowest BCUT2D eigenvalue weighted by molar-refractivity contribution is 0.0516. The van der Waals surface area contributed by atoms with Crippen LogP contribution in [0.2, 0.25) is 0 Å². The maximum Gasteiger partial charge on any atom is 0.273 e. The van der Waals surface area contributed by atoms with Crippen LogP contribution in [0.1, 0.15) is 43.4 Å². The average molecular weight is 226 g/mol. The van der Waals surface area contributed by atoms with Crippen LogP contribution >= 0.6 is 0 Å². The number of aryl methyl sites for hydroxylation is 1. The Labute approximate surface area is 94.8 Å². The second-order valence-corrected chi connectivity index (χ2v) is 4.07. The topological polar surface area (TPSA) is 75.4 Å². The van der Waals surface area contributed by atoms with Gasteiger partial charge < -0.3 is 14.9 Å². The molecule has 0 fully saturated rings. The first-order valence-corrected chi connectivity index (χ1v) is 5.44. The molecule has 0 aliphatic carbocycles. The number of nitrogens with one attached hydrogen (secondary N) is 1. The number of aliphatic hydroxyl groups is 1. The minimum Gasteiger partial charge on any atom is -0.388 e. The summed E-state index contributed by atoms with van der Waals surface area (Å²) in [5, 5.41) is 16.0. The van der Waals surface area contributed by atoms with Crippen molar-refractivity contribution >= 4 is 5.91 Å². The maximum absolute atomic E-state index is 11.6. The molecule has 0 radical (unpaired) electrons. The molecule has 1 heterocycles. The molecule has 0 aliphatic rings. The fourth-order valence-corrected chi connectivity index (χ4v) is 1.07. The van der Waals surface area contributed by atoms with E-state index in [0.717, 1.165) is 0 Å². The zero-order valence-electron chi connectivity index (χ0n) is 9.91. The van der Waals surface area contributed by atoms with Crippen molar-refractivity contribution in [3.8, 4) is 0 Å². The molecule has 1 rings (SSSR count). The molecule has 5 heteroatoms. The Bertz CT molecular complexity index is 358. The van der Waals surface area contributed by atoms with Gasteiger partial charge in [-0.15, -0.1) is 0 Å². The second kappa shape index (κ2) is 5.12. The van der Waals surface area contributed by atoms with E-state index < -0.39 is 5.60 Å². The fourth-order valence-electron chi connectivity index (χ4n) is 1.07. The molecule has 1 atom stereocenters. The first-order chi connectivity index (χ1) is 7.48. The Morgan fingerprint density at radius 3 is 2.81 bits per heavy atom. The Kier molecular flexibility index (Phi) is 4.06. The Balaban J connectivity index is 2.53. The van der Waals surface area contributed by atoms with E-state index in [4.69, 9.17) is 4.52 Å². The molecule has 0 saturated heterocycles. The van der Waals surface area contributed by atoms with Gasteiger partial charge in [0.1, 0.15) is 5.76 Å². The number of rotatable bonds is 5. The summed E-state index contributed by atoms with van der Waals surface area (Å²) < 4.78 is 4.92. The predicted molar refractivity (Wildman–Crippen MR) is 59.1 cm³/mol. The lowest BCUT2D eigenvalue weighted by atomic mass is 10.0. The standard InChI is InChI=1S/C11H18N2O3/c1-4-8-6-9(13-16-8)10(14)12-7-11(3,15)5-2/h6,15H,4-5,7H2,1-3H3,(H,12,14). The van der Waals surface area contributed by atoms with Gasteiger partial charge in [0.2, 0.25) is 0 Å². The number of amides is 1. The van der Waals surface area contributed by atoms with Gasteiger partial charge in [-0.25, -0.2) is 0 Å². The number of carbonyl (C=O) groups is 1. The molecule has 0 aliphatic heterocycles. The molecule has 1 unspecified atom stereocenters. The Morgan fingerprint density at radius 2 is 2.31 bits per heavy atom. The third-order valence-electron chi connectivity index (χ3n) is 2.53. The van der Waals surface area contributed by atoms with Crippen molar-refractivity contribution in [3.63, 3.8) is 0 Å². The highest BCUT2D eigenvalue weighted by molar-refractivity contribution is 5.92. The van der Waals surface area contributed by atoms with Gasteiger partial charge in [0.15, 0.2) is 5.69 Å². The van der Waals surface area contributed by atoms with Gasteiger partial charge in [0, 0.05) is 19.0 Å². The van der Waals surface area contributed by atoms with Crippen molar-refractivity contribution in [3.05, 3.63) is 17.5 Å². The quantitative estimate of drug-likeness (QED) is 0.789. The van der Waals surface area contributed by atoms with E-state index in [1.807, 2.05) is 13.8 Å². The normalized spacial score (nSPS) is 14.5. The number of hydrogen-bond acceptors (Lipinski definition) is 4.